The molecule has 1 aromatic carbocycles. The smallest absolute Gasteiger partial charge is 0.231 e. The van der Waals surface area contributed by atoms with Gasteiger partial charge >= 0.3 is 0 Å². The molecule has 4 heteroatoms. The van der Waals surface area contributed by atoms with E-state index in [-0.39, 0.29) is 6.79 Å². The first-order valence-electron chi connectivity index (χ1n) is 3.84. The van der Waals surface area contributed by atoms with Crippen LogP contribution in [0.4, 0.5) is 0 Å². The Bertz CT molecular complexity index is 475. The van der Waals surface area contributed by atoms with Crippen LogP contribution in [0, 0.1) is 0 Å². The molecule has 0 saturated carbocycles. The molecule has 0 amide bonds. The fourth-order valence-corrected chi connectivity index (χ4v) is 2.23. The predicted octanol–water partition coefficient (Wildman–Crippen LogP) is 2.34. The van der Waals surface area contributed by atoms with Crippen LogP contribution in [0.15, 0.2) is 17.5 Å². The summed E-state index contributed by atoms with van der Waals surface area (Å²) in [6.45, 7) is 0.271. The normalized spacial score (nSPS) is 13.8. The number of aromatic hydroxyl groups is 1. The van der Waals surface area contributed by atoms with Crippen LogP contribution in [-0.2, 0) is 0 Å². The van der Waals surface area contributed by atoms with Crippen molar-refractivity contribution < 1.29 is 14.6 Å². The Hall–Kier alpha value is -1.42. The van der Waals surface area contributed by atoms with E-state index in [0.717, 1.165) is 15.8 Å². The van der Waals surface area contributed by atoms with E-state index in [2.05, 4.69) is 0 Å². The molecule has 0 bridgehead atoms. The molecule has 0 unspecified atom stereocenters. The summed E-state index contributed by atoms with van der Waals surface area (Å²) in [6, 6.07) is 3.70. The number of hydrogen-bond donors (Lipinski definition) is 1. The summed E-state index contributed by atoms with van der Waals surface area (Å²) in [5, 5.41) is 12.0. The van der Waals surface area contributed by atoms with Gasteiger partial charge in [-0.15, -0.1) is 11.3 Å². The van der Waals surface area contributed by atoms with Crippen LogP contribution in [0.25, 0.3) is 10.1 Å². The molecule has 13 heavy (non-hydrogen) atoms. The molecular formula is C9H6O3S. The molecular weight excluding hydrogens is 188 g/mol. The summed E-state index contributed by atoms with van der Waals surface area (Å²) in [5.74, 6) is 1.77. The molecule has 0 radical (unpaired) electrons. The van der Waals surface area contributed by atoms with E-state index in [1.54, 1.807) is 5.38 Å². The maximum Gasteiger partial charge on any atom is 0.231 e. The van der Waals surface area contributed by atoms with Crippen LogP contribution in [0.2, 0.25) is 0 Å². The Morgan fingerprint density at radius 2 is 2.00 bits per heavy atom. The van der Waals surface area contributed by atoms with E-state index < -0.39 is 0 Å². The number of fused-ring (bicyclic) bond motifs is 2. The van der Waals surface area contributed by atoms with Crippen molar-refractivity contribution in [3.05, 3.63) is 17.5 Å². The van der Waals surface area contributed by atoms with Crippen LogP contribution in [0.3, 0.4) is 0 Å². The third kappa shape index (κ3) is 0.890. The first-order valence-corrected chi connectivity index (χ1v) is 4.72. The zero-order valence-corrected chi connectivity index (χ0v) is 7.43. The molecule has 0 spiro atoms. The summed E-state index contributed by atoms with van der Waals surface area (Å²) in [4.78, 5) is 0. The molecule has 2 heterocycles. The molecule has 1 aliphatic heterocycles. The van der Waals surface area contributed by atoms with E-state index in [4.69, 9.17) is 9.47 Å². The number of hydrogen-bond acceptors (Lipinski definition) is 4. The Balaban J connectivity index is 2.38. The van der Waals surface area contributed by atoms with E-state index in [9.17, 15) is 5.11 Å². The molecule has 3 nitrogen and oxygen atoms in total. The fraction of sp³-hybridized carbons (Fsp3) is 0.111. The molecule has 0 saturated heterocycles. The second-order valence-corrected chi connectivity index (χ2v) is 3.73. The van der Waals surface area contributed by atoms with E-state index in [1.807, 2.05) is 12.1 Å². The largest absolute Gasteiger partial charge is 0.506 e. The van der Waals surface area contributed by atoms with E-state index >= 15 is 0 Å². The molecule has 1 aliphatic rings. The topological polar surface area (TPSA) is 38.7 Å². The van der Waals surface area contributed by atoms with Crippen molar-refractivity contribution in [3.8, 4) is 17.2 Å². The minimum Gasteiger partial charge on any atom is -0.506 e. The van der Waals surface area contributed by atoms with Gasteiger partial charge in [0.15, 0.2) is 11.5 Å². The van der Waals surface area contributed by atoms with E-state index in [1.165, 1.54) is 11.3 Å². The summed E-state index contributed by atoms with van der Waals surface area (Å²) in [7, 11) is 0. The molecule has 1 aromatic heterocycles. The monoisotopic (exact) mass is 194 g/mol. The van der Waals surface area contributed by atoms with Gasteiger partial charge in [-0.2, -0.15) is 0 Å². The lowest BCUT2D eigenvalue weighted by Gasteiger charge is -1.95. The van der Waals surface area contributed by atoms with Gasteiger partial charge in [0.2, 0.25) is 6.79 Å². The lowest BCUT2D eigenvalue weighted by atomic mass is 10.2. The van der Waals surface area contributed by atoms with Gasteiger partial charge in [0.05, 0.1) is 0 Å². The second-order valence-electron chi connectivity index (χ2n) is 2.82. The standard InChI is InChI=1S/C9H6O3S/c10-6-3-13-9-2-8-7(1-5(6)9)11-4-12-8/h1-3,10H,4H2. The first kappa shape index (κ1) is 7.03. The molecule has 66 valence electrons. The van der Waals surface area contributed by atoms with Crippen molar-refractivity contribution in [1.29, 1.82) is 0 Å². The van der Waals surface area contributed by atoms with Crippen molar-refractivity contribution >= 4 is 21.4 Å². The third-order valence-electron chi connectivity index (χ3n) is 2.05. The third-order valence-corrected chi connectivity index (χ3v) is 2.98. The SMILES string of the molecule is Oc1csc2cc3c(cc12)OCO3. The average Bonchev–Trinajstić information content (AvgIpc) is 2.70. The van der Waals surface area contributed by atoms with Crippen LogP contribution >= 0.6 is 11.3 Å². The zero-order valence-electron chi connectivity index (χ0n) is 6.61. The van der Waals surface area contributed by atoms with Crippen LogP contribution in [0.1, 0.15) is 0 Å². The summed E-state index contributed by atoms with van der Waals surface area (Å²) < 4.78 is 11.4. The van der Waals surface area contributed by atoms with Crippen molar-refractivity contribution in [2.24, 2.45) is 0 Å². The lowest BCUT2D eigenvalue weighted by molar-refractivity contribution is 0.174. The highest BCUT2D eigenvalue weighted by Crippen LogP contribution is 2.41. The molecule has 0 fully saturated rings. The fourth-order valence-electron chi connectivity index (χ4n) is 1.40. The number of benzene rings is 1. The Morgan fingerprint density at radius 3 is 2.85 bits per heavy atom. The Morgan fingerprint density at radius 1 is 1.23 bits per heavy atom. The lowest BCUT2D eigenvalue weighted by Crippen LogP contribution is -1.92. The molecule has 3 rings (SSSR count). The van der Waals surface area contributed by atoms with Gasteiger partial charge in [-0.25, -0.2) is 0 Å². The first-order chi connectivity index (χ1) is 6.34. The molecule has 2 aromatic rings. The summed E-state index contributed by atoms with van der Waals surface area (Å²) in [6.07, 6.45) is 0. The van der Waals surface area contributed by atoms with Crippen molar-refractivity contribution in [2.75, 3.05) is 6.79 Å². The van der Waals surface area contributed by atoms with Crippen LogP contribution in [0.5, 0.6) is 17.2 Å². The minimum atomic E-state index is 0.271. The van der Waals surface area contributed by atoms with Gasteiger partial charge in [0.25, 0.3) is 0 Å². The highest BCUT2D eigenvalue weighted by Gasteiger charge is 2.16. The molecule has 0 atom stereocenters. The summed E-state index contributed by atoms with van der Waals surface area (Å²) in [5.41, 5.74) is 0. The van der Waals surface area contributed by atoms with Crippen molar-refractivity contribution in [1.82, 2.24) is 0 Å². The maximum atomic E-state index is 9.46. The number of thiophene rings is 1. The maximum absolute atomic E-state index is 9.46. The average molecular weight is 194 g/mol. The highest BCUT2D eigenvalue weighted by atomic mass is 32.1. The second kappa shape index (κ2) is 2.29. The Labute approximate surface area is 78.1 Å². The number of ether oxygens (including phenoxy) is 2. The van der Waals surface area contributed by atoms with Gasteiger partial charge in [-0.3, -0.25) is 0 Å². The van der Waals surface area contributed by atoms with Gasteiger partial charge in [-0.05, 0) is 6.07 Å². The van der Waals surface area contributed by atoms with Crippen molar-refractivity contribution in [3.63, 3.8) is 0 Å². The highest BCUT2D eigenvalue weighted by molar-refractivity contribution is 7.17. The minimum absolute atomic E-state index is 0.271. The number of rotatable bonds is 0. The van der Waals surface area contributed by atoms with Crippen LogP contribution < -0.4 is 9.47 Å². The van der Waals surface area contributed by atoms with Crippen LogP contribution in [-0.4, -0.2) is 11.9 Å². The van der Waals surface area contributed by atoms with Crippen molar-refractivity contribution in [2.45, 2.75) is 0 Å². The predicted molar refractivity (Wildman–Crippen MR) is 49.6 cm³/mol. The molecule has 1 N–H and O–H groups in total. The van der Waals surface area contributed by atoms with E-state index in [0.29, 0.717) is 11.5 Å². The molecule has 0 aliphatic carbocycles. The Kier molecular flexibility index (Phi) is 1.24. The van der Waals surface area contributed by atoms with Gasteiger partial charge in [0, 0.05) is 21.5 Å². The van der Waals surface area contributed by atoms with Gasteiger partial charge in [-0.1, -0.05) is 0 Å². The van der Waals surface area contributed by atoms with Gasteiger partial charge in [0.1, 0.15) is 5.75 Å². The quantitative estimate of drug-likeness (QED) is 0.699. The van der Waals surface area contributed by atoms with Gasteiger partial charge < -0.3 is 14.6 Å². The zero-order chi connectivity index (χ0) is 8.84. The summed E-state index contributed by atoms with van der Waals surface area (Å²) >= 11 is 1.49.